The number of fused-ring (bicyclic) bond motifs is 1. The van der Waals surface area contributed by atoms with Gasteiger partial charge < -0.3 is 15.2 Å². The quantitative estimate of drug-likeness (QED) is 0.409. The molecule has 2 aromatic heterocycles. The summed E-state index contributed by atoms with van der Waals surface area (Å²) in [6.07, 6.45) is 0.754. The lowest BCUT2D eigenvalue weighted by Gasteiger charge is -2.06. The van der Waals surface area contributed by atoms with Gasteiger partial charge in [0.2, 0.25) is 11.8 Å². The van der Waals surface area contributed by atoms with Crippen LogP contribution in [0.15, 0.2) is 59.1 Å². The van der Waals surface area contributed by atoms with Gasteiger partial charge in [-0.25, -0.2) is 4.98 Å². The molecule has 2 aromatic carbocycles. The highest BCUT2D eigenvalue weighted by Crippen LogP contribution is 2.24. The normalized spacial score (nSPS) is 10.9. The first-order chi connectivity index (χ1) is 15.0. The third-order valence-electron chi connectivity index (χ3n) is 4.29. The fourth-order valence-electron chi connectivity index (χ4n) is 2.91. The standard InChI is InChI=1S/C22H20N4O3S2/c1-14-10-19(26-29-14)25-21(28)13-30-12-20(27)23-16-8-6-15(7-9-16)11-22-24-17-4-2-3-5-18(17)31-22/h2-10H,11-13H2,1H3,(H,23,27)(H,25,26,28). The number of anilines is 2. The minimum absolute atomic E-state index is 0.153. The zero-order valence-electron chi connectivity index (χ0n) is 16.8. The largest absolute Gasteiger partial charge is 0.360 e. The lowest BCUT2D eigenvalue weighted by molar-refractivity contribution is -0.114. The van der Waals surface area contributed by atoms with Crippen molar-refractivity contribution in [1.29, 1.82) is 0 Å². The molecule has 0 saturated heterocycles. The van der Waals surface area contributed by atoms with E-state index in [4.69, 9.17) is 4.52 Å². The maximum absolute atomic E-state index is 12.1. The lowest BCUT2D eigenvalue weighted by Crippen LogP contribution is -2.18. The lowest BCUT2D eigenvalue weighted by atomic mass is 10.1. The molecule has 9 heteroatoms. The second kappa shape index (κ2) is 9.76. The maximum Gasteiger partial charge on any atom is 0.235 e. The van der Waals surface area contributed by atoms with Crippen LogP contribution in [0.2, 0.25) is 0 Å². The monoisotopic (exact) mass is 452 g/mol. The van der Waals surface area contributed by atoms with Gasteiger partial charge in [-0.1, -0.05) is 29.4 Å². The second-order valence-electron chi connectivity index (χ2n) is 6.86. The van der Waals surface area contributed by atoms with Gasteiger partial charge in [0.05, 0.1) is 26.7 Å². The molecule has 0 atom stereocenters. The highest BCUT2D eigenvalue weighted by molar-refractivity contribution is 8.00. The van der Waals surface area contributed by atoms with Gasteiger partial charge in [-0.2, -0.15) is 0 Å². The summed E-state index contributed by atoms with van der Waals surface area (Å²) in [5.41, 5.74) is 2.88. The molecule has 0 unspecified atom stereocenters. The van der Waals surface area contributed by atoms with Crippen molar-refractivity contribution in [2.75, 3.05) is 22.1 Å². The van der Waals surface area contributed by atoms with Gasteiger partial charge in [0.1, 0.15) is 5.76 Å². The van der Waals surface area contributed by atoms with E-state index in [0.29, 0.717) is 11.6 Å². The molecule has 4 aromatic rings. The van der Waals surface area contributed by atoms with Gasteiger partial charge in [-0.3, -0.25) is 9.59 Å². The third-order valence-corrected chi connectivity index (χ3v) is 6.26. The van der Waals surface area contributed by atoms with Crippen molar-refractivity contribution >= 4 is 56.6 Å². The van der Waals surface area contributed by atoms with E-state index in [2.05, 4.69) is 26.8 Å². The highest BCUT2D eigenvalue weighted by atomic mass is 32.2. The zero-order chi connectivity index (χ0) is 21.6. The van der Waals surface area contributed by atoms with Crippen molar-refractivity contribution in [3.05, 3.63) is 70.9 Å². The molecule has 0 aliphatic carbocycles. The second-order valence-corrected chi connectivity index (χ2v) is 8.96. The predicted octanol–water partition coefficient (Wildman–Crippen LogP) is 4.49. The Morgan fingerprint density at radius 3 is 2.48 bits per heavy atom. The van der Waals surface area contributed by atoms with Crippen molar-refractivity contribution in [2.24, 2.45) is 0 Å². The van der Waals surface area contributed by atoms with Crippen molar-refractivity contribution < 1.29 is 14.1 Å². The van der Waals surface area contributed by atoms with Crippen LogP contribution in [0.4, 0.5) is 11.5 Å². The van der Waals surface area contributed by atoms with Gasteiger partial charge >= 0.3 is 0 Å². The number of aromatic nitrogens is 2. The molecule has 31 heavy (non-hydrogen) atoms. The number of hydrogen-bond donors (Lipinski definition) is 2. The van der Waals surface area contributed by atoms with E-state index in [1.54, 1.807) is 24.3 Å². The molecule has 0 bridgehead atoms. The Kier molecular flexibility index (Phi) is 6.63. The summed E-state index contributed by atoms with van der Waals surface area (Å²) in [5.74, 6) is 0.935. The zero-order valence-corrected chi connectivity index (χ0v) is 18.4. The molecule has 2 N–H and O–H groups in total. The molecular weight excluding hydrogens is 432 g/mol. The Morgan fingerprint density at radius 1 is 1.03 bits per heavy atom. The van der Waals surface area contributed by atoms with Crippen LogP contribution in [0.5, 0.6) is 0 Å². The summed E-state index contributed by atoms with van der Waals surface area (Å²) in [6, 6.07) is 17.5. The van der Waals surface area contributed by atoms with E-state index in [9.17, 15) is 9.59 Å². The van der Waals surface area contributed by atoms with Gasteiger partial charge in [0, 0.05) is 18.2 Å². The van der Waals surface area contributed by atoms with E-state index in [1.807, 2.05) is 42.5 Å². The predicted molar refractivity (Wildman–Crippen MR) is 125 cm³/mol. The Morgan fingerprint density at radius 2 is 1.77 bits per heavy atom. The Labute approximate surface area is 187 Å². The molecule has 0 fully saturated rings. The van der Waals surface area contributed by atoms with Crippen LogP contribution in [0, 0.1) is 6.92 Å². The number of amides is 2. The van der Waals surface area contributed by atoms with Crippen molar-refractivity contribution in [3.63, 3.8) is 0 Å². The van der Waals surface area contributed by atoms with Gasteiger partial charge in [0.15, 0.2) is 5.82 Å². The Balaban J connectivity index is 1.22. The summed E-state index contributed by atoms with van der Waals surface area (Å²) in [6.45, 7) is 1.75. The van der Waals surface area contributed by atoms with E-state index in [0.717, 1.165) is 28.2 Å². The van der Waals surface area contributed by atoms with E-state index in [1.165, 1.54) is 16.5 Å². The highest BCUT2D eigenvalue weighted by Gasteiger charge is 2.09. The number of thiazole rings is 1. The molecule has 4 rings (SSSR count). The first-order valence-electron chi connectivity index (χ1n) is 9.59. The van der Waals surface area contributed by atoms with Crippen molar-refractivity contribution in [2.45, 2.75) is 13.3 Å². The van der Waals surface area contributed by atoms with Crippen molar-refractivity contribution in [3.8, 4) is 0 Å². The molecule has 158 valence electrons. The summed E-state index contributed by atoms with van der Waals surface area (Å²) in [4.78, 5) is 28.6. The SMILES string of the molecule is Cc1cc(NC(=O)CSCC(=O)Nc2ccc(Cc3nc4ccccc4s3)cc2)no1. The number of nitrogens with one attached hydrogen (secondary N) is 2. The summed E-state index contributed by atoms with van der Waals surface area (Å²) in [5, 5.41) is 10.2. The smallest absolute Gasteiger partial charge is 0.235 e. The Bertz CT molecular complexity index is 1170. The molecule has 0 radical (unpaired) electrons. The van der Waals surface area contributed by atoms with E-state index < -0.39 is 0 Å². The molecule has 0 aliphatic rings. The van der Waals surface area contributed by atoms with Crippen LogP contribution in [0.25, 0.3) is 10.2 Å². The molecule has 2 heterocycles. The van der Waals surface area contributed by atoms with E-state index in [-0.39, 0.29) is 23.3 Å². The van der Waals surface area contributed by atoms with Crippen LogP contribution >= 0.6 is 23.1 Å². The number of carbonyl (C=O) groups is 2. The minimum Gasteiger partial charge on any atom is -0.360 e. The molecule has 7 nitrogen and oxygen atoms in total. The van der Waals surface area contributed by atoms with Crippen molar-refractivity contribution in [1.82, 2.24) is 10.1 Å². The fraction of sp³-hybridized carbons (Fsp3) is 0.182. The van der Waals surface area contributed by atoms with Crippen LogP contribution in [-0.2, 0) is 16.0 Å². The summed E-state index contributed by atoms with van der Waals surface area (Å²) in [7, 11) is 0. The molecule has 0 saturated carbocycles. The topological polar surface area (TPSA) is 97.1 Å². The fourth-order valence-corrected chi connectivity index (χ4v) is 4.53. The first kappa shape index (κ1) is 21.1. The van der Waals surface area contributed by atoms with Gasteiger partial charge in [0.25, 0.3) is 0 Å². The number of carbonyl (C=O) groups excluding carboxylic acids is 2. The average molecular weight is 453 g/mol. The minimum atomic E-state index is -0.231. The molecule has 2 amide bonds. The van der Waals surface area contributed by atoms with Gasteiger partial charge in [-0.05, 0) is 36.8 Å². The Hall–Kier alpha value is -3.17. The van der Waals surface area contributed by atoms with Crippen LogP contribution in [-0.4, -0.2) is 33.5 Å². The summed E-state index contributed by atoms with van der Waals surface area (Å²) >= 11 is 2.93. The number of para-hydroxylation sites is 1. The molecular formula is C22H20N4O3S2. The summed E-state index contributed by atoms with van der Waals surface area (Å²) < 4.78 is 6.08. The number of aryl methyl sites for hydroxylation is 1. The maximum atomic E-state index is 12.1. The third kappa shape index (κ3) is 5.93. The molecule has 0 aliphatic heterocycles. The van der Waals surface area contributed by atoms with Crippen LogP contribution in [0.3, 0.4) is 0 Å². The number of rotatable bonds is 8. The number of nitrogens with zero attached hydrogens (tertiary/aromatic N) is 2. The first-order valence-corrected chi connectivity index (χ1v) is 11.6. The molecule has 0 spiro atoms. The van der Waals surface area contributed by atoms with Crippen LogP contribution in [0.1, 0.15) is 16.3 Å². The number of benzene rings is 2. The van der Waals surface area contributed by atoms with Crippen LogP contribution < -0.4 is 10.6 Å². The van der Waals surface area contributed by atoms with Gasteiger partial charge in [-0.15, -0.1) is 23.1 Å². The number of hydrogen-bond acceptors (Lipinski definition) is 7. The van der Waals surface area contributed by atoms with E-state index >= 15 is 0 Å². The average Bonchev–Trinajstić information content (AvgIpc) is 3.34. The number of thioether (sulfide) groups is 1.